The first kappa shape index (κ1) is 24.5. The summed E-state index contributed by atoms with van der Waals surface area (Å²) in [7, 11) is 0. The van der Waals surface area contributed by atoms with Crippen LogP contribution in [0.3, 0.4) is 0 Å². The highest BCUT2D eigenvalue weighted by atomic mass is 79.9. The van der Waals surface area contributed by atoms with Crippen LogP contribution in [0.4, 0.5) is 0 Å². The van der Waals surface area contributed by atoms with E-state index in [0.29, 0.717) is 35.5 Å². The van der Waals surface area contributed by atoms with Crippen molar-refractivity contribution in [3.05, 3.63) is 116 Å². The van der Waals surface area contributed by atoms with Gasteiger partial charge in [-0.1, -0.05) is 89.2 Å². The van der Waals surface area contributed by atoms with Crippen LogP contribution in [0.25, 0.3) is 6.08 Å². The fourth-order valence-corrected chi connectivity index (χ4v) is 5.74. The molecule has 34 heavy (non-hydrogen) atoms. The van der Waals surface area contributed by atoms with E-state index in [1.54, 1.807) is 11.0 Å². The number of ether oxygens (including phenoxy) is 1. The molecule has 1 fully saturated rings. The van der Waals surface area contributed by atoms with Crippen molar-refractivity contribution in [2.75, 3.05) is 6.61 Å². The van der Waals surface area contributed by atoms with E-state index in [4.69, 9.17) is 9.73 Å². The van der Waals surface area contributed by atoms with Gasteiger partial charge in [0.25, 0.3) is 5.91 Å². The number of aliphatic imine (C=N–C) groups is 1. The predicted molar refractivity (Wildman–Crippen MR) is 148 cm³/mol. The number of hydrogen-bond donors (Lipinski definition) is 0. The zero-order valence-corrected chi connectivity index (χ0v) is 22.3. The number of halogens is 2. The van der Waals surface area contributed by atoms with Gasteiger partial charge < -0.3 is 4.74 Å². The lowest BCUT2D eigenvalue weighted by Crippen LogP contribution is -2.28. The van der Waals surface area contributed by atoms with Gasteiger partial charge >= 0.3 is 0 Å². The maximum atomic E-state index is 13.5. The number of hydrogen-bond acceptors (Lipinski definition) is 4. The molecule has 0 spiro atoms. The number of carbonyl (C=O) groups is 1. The van der Waals surface area contributed by atoms with Gasteiger partial charge in [-0.15, -0.1) is 0 Å². The van der Waals surface area contributed by atoms with E-state index < -0.39 is 0 Å². The second-order valence-electron chi connectivity index (χ2n) is 7.48. The topological polar surface area (TPSA) is 41.9 Å². The van der Waals surface area contributed by atoms with Gasteiger partial charge in [-0.2, -0.15) is 0 Å². The fraction of sp³-hybridized carbons (Fsp3) is 0.111. The summed E-state index contributed by atoms with van der Waals surface area (Å²) >= 11 is 8.49. The maximum Gasteiger partial charge on any atom is 0.267 e. The second-order valence-corrected chi connectivity index (χ2v) is 10.3. The first-order chi connectivity index (χ1) is 16.5. The van der Waals surface area contributed by atoms with Crippen LogP contribution in [-0.2, 0) is 17.9 Å². The van der Waals surface area contributed by atoms with E-state index in [1.807, 2.05) is 78.9 Å². The van der Waals surface area contributed by atoms with Gasteiger partial charge in [0.2, 0.25) is 0 Å². The average molecular weight is 598 g/mol. The predicted octanol–water partition coefficient (Wildman–Crippen LogP) is 7.45. The molecule has 0 atom stereocenters. The zero-order chi connectivity index (χ0) is 23.9. The van der Waals surface area contributed by atoms with Crippen molar-refractivity contribution in [1.82, 2.24) is 4.90 Å². The Morgan fingerprint density at radius 2 is 1.68 bits per heavy atom. The Kier molecular flexibility index (Phi) is 8.43. The van der Waals surface area contributed by atoms with E-state index >= 15 is 0 Å². The molecule has 1 saturated heterocycles. The summed E-state index contributed by atoms with van der Waals surface area (Å²) in [4.78, 5) is 20.6. The van der Waals surface area contributed by atoms with Crippen LogP contribution < -0.4 is 4.74 Å². The summed E-state index contributed by atoms with van der Waals surface area (Å²) in [5, 5.41) is 0.687. The van der Waals surface area contributed by atoms with Gasteiger partial charge in [0.15, 0.2) is 5.17 Å². The van der Waals surface area contributed by atoms with Crippen molar-refractivity contribution in [1.29, 1.82) is 0 Å². The van der Waals surface area contributed by atoms with Crippen molar-refractivity contribution in [2.45, 2.75) is 13.1 Å². The Morgan fingerprint density at radius 1 is 1.00 bits per heavy atom. The fourth-order valence-electron chi connectivity index (χ4n) is 3.40. The number of thioether (sulfide) groups is 1. The Balaban J connectivity index is 1.69. The number of benzene rings is 3. The highest BCUT2D eigenvalue weighted by molar-refractivity contribution is 9.11. The molecule has 3 aromatic rings. The molecule has 1 amide bonds. The lowest BCUT2D eigenvalue weighted by molar-refractivity contribution is -0.122. The minimum atomic E-state index is -0.0774. The van der Waals surface area contributed by atoms with E-state index in [2.05, 4.69) is 38.4 Å². The molecular weight excluding hydrogens is 576 g/mol. The smallest absolute Gasteiger partial charge is 0.267 e. The SMILES string of the molecule is C=CCOc1c(Br)cc(Br)cc1/C=C1/SC(=NCc2ccccc2)N(Cc2ccccc2)C1=O. The summed E-state index contributed by atoms with van der Waals surface area (Å²) in [6.45, 7) is 5.05. The van der Waals surface area contributed by atoms with Crippen molar-refractivity contribution in [3.63, 3.8) is 0 Å². The van der Waals surface area contributed by atoms with Gasteiger partial charge in [-0.05, 0) is 57.0 Å². The molecule has 0 bridgehead atoms. The second kappa shape index (κ2) is 11.7. The Labute approximate surface area is 220 Å². The summed E-state index contributed by atoms with van der Waals surface area (Å²) in [6, 6.07) is 23.8. The summed E-state index contributed by atoms with van der Waals surface area (Å²) in [6.07, 6.45) is 3.56. The number of rotatable bonds is 8. The Hall–Kier alpha value is -2.61. The van der Waals surface area contributed by atoms with Crippen molar-refractivity contribution >= 4 is 60.8 Å². The van der Waals surface area contributed by atoms with E-state index in [9.17, 15) is 4.79 Å². The molecule has 0 radical (unpaired) electrons. The highest BCUT2D eigenvalue weighted by Gasteiger charge is 2.33. The van der Waals surface area contributed by atoms with Crippen molar-refractivity contribution in [3.8, 4) is 5.75 Å². The minimum absolute atomic E-state index is 0.0774. The van der Waals surface area contributed by atoms with Gasteiger partial charge in [0, 0.05) is 10.0 Å². The molecule has 4 rings (SSSR count). The average Bonchev–Trinajstić information content (AvgIpc) is 3.12. The summed E-state index contributed by atoms with van der Waals surface area (Å²) < 4.78 is 7.56. The zero-order valence-electron chi connectivity index (χ0n) is 18.3. The number of carbonyl (C=O) groups excluding carboxylic acids is 1. The highest BCUT2D eigenvalue weighted by Crippen LogP contribution is 2.39. The van der Waals surface area contributed by atoms with Crippen LogP contribution in [0, 0.1) is 0 Å². The van der Waals surface area contributed by atoms with Crippen LogP contribution in [0.5, 0.6) is 5.75 Å². The molecule has 0 aliphatic carbocycles. The molecule has 0 N–H and O–H groups in total. The third-order valence-corrected chi connectivity index (χ3v) is 7.07. The van der Waals surface area contributed by atoms with E-state index in [0.717, 1.165) is 25.6 Å². The lowest BCUT2D eigenvalue weighted by atomic mass is 10.1. The van der Waals surface area contributed by atoms with Gasteiger partial charge in [0.1, 0.15) is 12.4 Å². The standard InChI is InChI=1S/C27H22Br2N2O2S/c1-2-13-33-25-21(14-22(28)16-23(25)29)15-24-26(32)31(18-20-11-7-4-8-12-20)27(34-24)30-17-19-9-5-3-6-10-19/h2-12,14-16H,1,13,17-18H2/b24-15+,30-27?. The number of amides is 1. The van der Waals surface area contributed by atoms with Crippen LogP contribution in [-0.4, -0.2) is 22.6 Å². The third kappa shape index (κ3) is 6.09. The first-order valence-corrected chi connectivity index (χ1v) is 13.0. The van der Waals surface area contributed by atoms with Crippen LogP contribution in [0.15, 0.2) is 104 Å². The quantitative estimate of drug-likeness (QED) is 0.200. The summed E-state index contributed by atoms with van der Waals surface area (Å²) in [5.74, 6) is 0.583. The number of amidine groups is 1. The molecule has 172 valence electrons. The van der Waals surface area contributed by atoms with Crippen molar-refractivity contribution in [2.24, 2.45) is 4.99 Å². The number of nitrogens with zero attached hydrogens (tertiary/aromatic N) is 2. The minimum Gasteiger partial charge on any atom is -0.488 e. The molecule has 3 aromatic carbocycles. The summed E-state index contributed by atoms with van der Waals surface area (Å²) in [5.41, 5.74) is 2.93. The molecule has 1 aliphatic rings. The first-order valence-electron chi connectivity index (χ1n) is 10.6. The van der Waals surface area contributed by atoms with E-state index in [-0.39, 0.29) is 5.91 Å². The molecule has 1 heterocycles. The van der Waals surface area contributed by atoms with E-state index in [1.165, 1.54) is 11.8 Å². The molecule has 0 aromatic heterocycles. The van der Waals surface area contributed by atoms with Crippen LogP contribution in [0.1, 0.15) is 16.7 Å². The molecule has 7 heteroatoms. The van der Waals surface area contributed by atoms with Crippen LogP contribution >= 0.6 is 43.6 Å². The maximum absolute atomic E-state index is 13.5. The Morgan fingerprint density at radius 3 is 2.35 bits per heavy atom. The molecule has 0 unspecified atom stereocenters. The van der Waals surface area contributed by atoms with Gasteiger partial charge in [0.05, 0.1) is 22.5 Å². The van der Waals surface area contributed by atoms with Gasteiger partial charge in [-0.3, -0.25) is 14.7 Å². The molecule has 1 aliphatic heterocycles. The van der Waals surface area contributed by atoms with Crippen molar-refractivity contribution < 1.29 is 9.53 Å². The molecule has 4 nitrogen and oxygen atoms in total. The lowest BCUT2D eigenvalue weighted by Gasteiger charge is -2.16. The monoisotopic (exact) mass is 596 g/mol. The molecule has 0 saturated carbocycles. The normalized spacial score (nSPS) is 15.8. The van der Waals surface area contributed by atoms with Gasteiger partial charge in [-0.25, -0.2) is 0 Å². The van der Waals surface area contributed by atoms with Crippen LogP contribution in [0.2, 0.25) is 0 Å². The third-order valence-electron chi connectivity index (χ3n) is 4.98. The molecular formula is C27H22Br2N2O2S. The Bertz CT molecular complexity index is 1240. The largest absolute Gasteiger partial charge is 0.488 e.